The van der Waals surface area contributed by atoms with Gasteiger partial charge in [-0.2, -0.15) is 0 Å². The Morgan fingerprint density at radius 1 is 2.00 bits per heavy atom. The maximum Gasteiger partial charge on any atom is 0.303 e. The number of rotatable bonds is 3. The van der Waals surface area contributed by atoms with E-state index in [4.69, 9.17) is 5.73 Å². The Balaban J connectivity index is 2.93. The Hall–Kier alpha value is -0.773. The summed E-state index contributed by atoms with van der Waals surface area (Å²) in [5, 5.41) is 0. The SMILES string of the molecule is C=CC[SiH2]NC(N)=O. The van der Waals surface area contributed by atoms with Crippen molar-refractivity contribution in [1.82, 2.24) is 4.98 Å². The van der Waals surface area contributed by atoms with Crippen LogP contribution in [0.1, 0.15) is 0 Å². The molecular formula is C4H10N2OSi. The molecule has 0 bridgehead atoms. The third-order valence-electron chi connectivity index (χ3n) is 0.648. The molecule has 0 aromatic rings. The number of nitrogens with one attached hydrogen (secondary N) is 1. The third-order valence-corrected chi connectivity index (χ3v) is 1.94. The van der Waals surface area contributed by atoms with Gasteiger partial charge in [-0.1, -0.05) is 6.08 Å². The average molecular weight is 130 g/mol. The van der Waals surface area contributed by atoms with Gasteiger partial charge in [0.05, 0.1) is 0 Å². The van der Waals surface area contributed by atoms with E-state index in [1.165, 1.54) is 0 Å². The van der Waals surface area contributed by atoms with Crippen molar-refractivity contribution in [2.75, 3.05) is 0 Å². The second kappa shape index (κ2) is 4.39. The minimum atomic E-state index is -0.479. The maximum atomic E-state index is 9.99. The van der Waals surface area contributed by atoms with Crippen LogP contribution in [0.3, 0.4) is 0 Å². The van der Waals surface area contributed by atoms with Crippen molar-refractivity contribution >= 4 is 15.7 Å². The summed E-state index contributed by atoms with van der Waals surface area (Å²) in [7, 11) is -0.479. The van der Waals surface area contributed by atoms with E-state index in [0.29, 0.717) is 0 Å². The molecule has 0 saturated carbocycles. The van der Waals surface area contributed by atoms with Gasteiger partial charge in [-0.15, -0.1) is 6.58 Å². The fourth-order valence-electron chi connectivity index (χ4n) is 0.297. The Bertz CT molecular complexity index is 94.0. The number of allylic oxidation sites excluding steroid dienone is 1. The van der Waals surface area contributed by atoms with Crippen molar-refractivity contribution < 1.29 is 4.79 Å². The van der Waals surface area contributed by atoms with E-state index in [2.05, 4.69) is 11.6 Å². The highest BCUT2D eigenvalue weighted by Gasteiger charge is 1.86. The molecule has 0 spiro atoms. The standard InChI is InChI=1S/C4H10N2OSi/c1-2-3-8-6-4(5)7/h2H,1,3,8H2,(H3,5,6,7). The van der Waals surface area contributed by atoms with Crippen molar-refractivity contribution in [3.63, 3.8) is 0 Å². The second-order valence-electron chi connectivity index (χ2n) is 1.37. The van der Waals surface area contributed by atoms with Crippen LogP contribution in [-0.2, 0) is 0 Å². The molecule has 0 aliphatic heterocycles. The number of carbonyl (C=O) groups excluding carboxylic acids is 1. The first kappa shape index (κ1) is 7.23. The Kier molecular flexibility index (Phi) is 3.96. The molecule has 0 aliphatic carbocycles. The summed E-state index contributed by atoms with van der Waals surface area (Å²) in [6, 6.07) is 0.488. The molecule has 0 unspecified atom stereocenters. The normalized spacial score (nSPS) is 9.50. The number of carbonyl (C=O) groups is 1. The molecule has 0 fully saturated rings. The van der Waals surface area contributed by atoms with Gasteiger partial charge < -0.3 is 10.7 Å². The summed E-state index contributed by atoms with van der Waals surface area (Å²) >= 11 is 0. The Labute approximate surface area is 50.9 Å². The van der Waals surface area contributed by atoms with Gasteiger partial charge in [0, 0.05) is 0 Å². The fraction of sp³-hybridized carbons (Fsp3) is 0.250. The van der Waals surface area contributed by atoms with Gasteiger partial charge in [0.1, 0.15) is 9.68 Å². The summed E-state index contributed by atoms with van der Waals surface area (Å²) in [4.78, 5) is 12.5. The lowest BCUT2D eigenvalue weighted by Crippen LogP contribution is -2.31. The zero-order valence-electron chi connectivity index (χ0n) is 4.68. The fourth-order valence-corrected chi connectivity index (χ4v) is 0.892. The molecule has 4 heteroatoms. The summed E-state index contributed by atoms with van der Waals surface area (Å²) in [5.74, 6) is 0. The van der Waals surface area contributed by atoms with Crippen molar-refractivity contribution in [2.45, 2.75) is 6.04 Å². The maximum absolute atomic E-state index is 9.99. The van der Waals surface area contributed by atoms with Crippen molar-refractivity contribution in [3.8, 4) is 0 Å². The smallest absolute Gasteiger partial charge is 0.303 e. The quantitative estimate of drug-likeness (QED) is 0.297. The first-order valence-electron chi connectivity index (χ1n) is 2.41. The van der Waals surface area contributed by atoms with E-state index in [1.807, 2.05) is 0 Å². The second-order valence-corrected chi connectivity index (χ2v) is 2.80. The lowest BCUT2D eigenvalue weighted by atomic mass is 10.8. The molecule has 0 aromatic carbocycles. The van der Waals surface area contributed by atoms with Crippen molar-refractivity contribution in [1.29, 1.82) is 0 Å². The summed E-state index contributed by atoms with van der Waals surface area (Å²) in [6.07, 6.45) is 1.78. The molecule has 8 heavy (non-hydrogen) atoms. The van der Waals surface area contributed by atoms with Crippen LogP contribution in [-0.4, -0.2) is 15.7 Å². The molecule has 0 heterocycles. The highest BCUT2D eigenvalue weighted by molar-refractivity contribution is 6.37. The molecule has 0 rings (SSSR count). The van der Waals surface area contributed by atoms with E-state index in [-0.39, 0.29) is 0 Å². The van der Waals surface area contributed by atoms with Crippen LogP contribution in [0.4, 0.5) is 4.79 Å². The van der Waals surface area contributed by atoms with Gasteiger partial charge in [-0.05, 0) is 6.04 Å². The van der Waals surface area contributed by atoms with Gasteiger partial charge in [0.2, 0.25) is 0 Å². The minimum Gasteiger partial charge on any atom is -0.370 e. The number of primary amides is 1. The van der Waals surface area contributed by atoms with E-state index in [0.717, 1.165) is 6.04 Å². The predicted octanol–water partition coefficient (Wildman–Crippen LogP) is -0.657. The highest BCUT2D eigenvalue weighted by Crippen LogP contribution is 1.71. The highest BCUT2D eigenvalue weighted by atomic mass is 28.2. The Morgan fingerprint density at radius 2 is 2.62 bits per heavy atom. The van der Waals surface area contributed by atoms with E-state index >= 15 is 0 Å². The van der Waals surface area contributed by atoms with Crippen LogP contribution in [0.15, 0.2) is 12.7 Å². The summed E-state index contributed by atoms with van der Waals surface area (Å²) < 4.78 is 0. The molecule has 46 valence electrons. The van der Waals surface area contributed by atoms with Gasteiger partial charge in [-0.25, -0.2) is 0 Å². The summed E-state index contributed by atoms with van der Waals surface area (Å²) in [6.45, 7) is 3.50. The minimum absolute atomic E-state index is 0.418. The Morgan fingerprint density at radius 3 is 3.00 bits per heavy atom. The first-order valence-corrected chi connectivity index (χ1v) is 4.12. The molecule has 0 radical (unpaired) electrons. The van der Waals surface area contributed by atoms with Gasteiger partial charge in [0.25, 0.3) is 0 Å². The zero-order chi connectivity index (χ0) is 6.41. The monoisotopic (exact) mass is 130 g/mol. The number of hydrogen-bond donors (Lipinski definition) is 2. The van der Waals surface area contributed by atoms with Gasteiger partial charge >= 0.3 is 6.03 Å². The van der Waals surface area contributed by atoms with Crippen molar-refractivity contribution in [2.24, 2.45) is 5.73 Å². The average Bonchev–Trinajstić information content (AvgIpc) is 1.66. The van der Waals surface area contributed by atoms with Crippen LogP contribution < -0.4 is 10.7 Å². The lowest BCUT2D eigenvalue weighted by molar-refractivity contribution is 0.253. The van der Waals surface area contributed by atoms with Crippen LogP contribution in [0.25, 0.3) is 0 Å². The van der Waals surface area contributed by atoms with E-state index < -0.39 is 15.7 Å². The first-order chi connectivity index (χ1) is 3.77. The lowest BCUT2D eigenvalue weighted by Gasteiger charge is -1.93. The third kappa shape index (κ3) is 5.23. The summed E-state index contributed by atoms with van der Waals surface area (Å²) in [5.41, 5.74) is 4.78. The van der Waals surface area contributed by atoms with Crippen LogP contribution >= 0.6 is 0 Å². The van der Waals surface area contributed by atoms with Gasteiger partial charge in [-0.3, -0.25) is 4.79 Å². The topological polar surface area (TPSA) is 55.1 Å². The molecule has 2 amide bonds. The predicted molar refractivity (Wildman–Crippen MR) is 36.3 cm³/mol. The zero-order valence-corrected chi connectivity index (χ0v) is 6.10. The molecule has 3 nitrogen and oxygen atoms in total. The molecule has 3 N–H and O–H groups in total. The largest absolute Gasteiger partial charge is 0.370 e. The van der Waals surface area contributed by atoms with Crippen molar-refractivity contribution in [3.05, 3.63) is 12.7 Å². The molecule has 0 aromatic heterocycles. The number of amides is 2. The molecular weight excluding hydrogens is 120 g/mol. The number of hydrogen-bond acceptors (Lipinski definition) is 1. The van der Waals surface area contributed by atoms with E-state index in [9.17, 15) is 4.79 Å². The molecule has 0 saturated heterocycles. The van der Waals surface area contributed by atoms with Gasteiger partial charge in [0.15, 0.2) is 0 Å². The van der Waals surface area contributed by atoms with E-state index in [1.54, 1.807) is 6.08 Å². The molecule has 0 atom stereocenters. The molecule has 0 aliphatic rings. The van der Waals surface area contributed by atoms with Crippen LogP contribution in [0.2, 0.25) is 6.04 Å². The number of urea groups is 1. The van der Waals surface area contributed by atoms with Crippen LogP contribution in [0.5, 0.6) is 0 Å². The van der Waals surface area contributed by atoms with Crippen LogP contribution in [0, 0.1) is 0 Å². The number of nitrogens with two attached hydrogens (primary N) is 1.